The third-order valence-electron chi connectivity index (χ3n) is 3.69. The maximum absolute atomic E-state index is 13.1. The second kappa shape index (κ2) is 6.57. The van der Waals surface area contributed by atoms with Gasteiger partial charge in [-0.2, -0.15) is 0 Å². The molecule has 2 aromatic rings. The van der Waals surface area contributed by atoms with Crippen LogP contribution in [-0.2, 0) is 0 Å². The number of hydrogen-bond acceptors (Lipinski definition) is 3. The molecule has 0 amide bonds. The average Bonchev–Trinajstić information content (AvgIpc) is 2.57. The number of pyridine rings is 1. The number of benzene rings is 1. The van der Waals surface area contributed by atoms with E-state index in [-0.39, 0.29) is 11.6 Å². The van der Waals surface area contributed by atoms with Gasteiger partial charge in [0.15, 0.2) is 11.5 Å². The second-order valence-electron chi connectivity index (χ2n) is 5.35. The van der Waals surface area contributed by atoms with Crippen molar-refractivity contribution in [1.82, 2.24) is 4.98 Å². The summed E-state index contributed by atoms with van der Waals surface area (Å²) in [5, 5.41) is 0. The zero-order valence-corrected chi connectivity index (χ0v) is 12.8. The summed E-state index contributed by atoms with van der Waals surface area (Å²) in [7, 11) is 0. The topological polar surface area (TPSA) is 39.2 Å². The Morgan fingerprint density at radius 1 is 1.13 bits per heavy atom. The van der Waals surface area contributed by atoms with Gasteiger partial charge in [-0.15, -0.1) is 0 Å². The SMILES string of the molecule is CC(=O)c1ccc(-c2ccncc2OC2=CC=C(F)CC2)cc1. The van der Waals surface area contributed by atoms with Gasteiger partial charge < -0.3 is 4.74 Å². The summed E-state index contributed by atoms with van der Waals surface area (Å²) in [4.78, 5) is 15.5. The van der Waals surface area contributed by atoms with E-state index in [2.05, 4.69) is 4.98 Å². The van der Waals surface area contributed by atoms with E-state index in [0.717, 1.165) is 11.1 Å². The lowest BCUT2D eigenvalue weighted by Gasteiger charge is -2.15. The van der Waals surface area contributed by atoms with E-state index in [4.69, 9.17) is 4.74 Å². The molecule has 3 rings (SSSR count). The Labute approximate surface area is 134 Å². The summed E-state index contributed by atoms with van der Waals surface area (Å²) in [6.07, 6.45) is 7.29. The van der Waals surface area contributed by atoms with E-state index in [9.17, 15) is 9.18 Å². The molecule has 23 heavy (non-hydrogen) atoms. The fourth-order valence-electron chi connectivity index (χ4n) is 2.40. The molecule has 0 N–H and O–H groups in total. The zero-order chi connectivity index (χ0) is 16.2. The van der Waals surface area contributed by atoms with Crippen LogP contribution in [0.25, 0.3) is 11.1 Å². The molecule has 4 heteroatoms. The van der Waals surface area contributed by atoms with Gasteiger partial charge in [-0.25, -0.2) is 4.39 Å². The van der Waals surface area contributed by atoms with Gasteiger partial charge in [0.2, 0.25) is 0 Å². The lowest BCUT2D eigenvalue weighted by Crippen LogP contribution is -2.00. The van der Waals surface area contributed by atoms with Crippen LogP contribution in [0.4, 0.5) is 4.39 Å². The van der Waals surface area contributed by atoms with Crippen molar-refractivity contribution in [2.45, 2.75) is 19.8 Å². The van der Waals surface area contributed by atoms with Crippen LogP contribution in [0.1, 0.15) is 30.1 Å². The number of Topliss-reactive ketones (excluding diaryl/α,β-unsaturated/α-hetero) is 1. The first-order valence-electron chi connectivity index (χ1n) is 7.42. The molecule has 0 aliphatic heterocycles. The molecule has 0 unspecified atom stereocenters. The second-order valence-corrected chi connectivity index (χ2v) is 5.35. The summed E-state index contributed by atoms with van der Waals surface area (Å²) in [5.74, 6) is 1.22. The quantitative estimate of drug-likeness (QED) is 0.757. The lowest BCUT2D eigenvalue weighted by molar-refractivity contribution is 0.101. The van der Waals surface area contributed by atoms with Gasteiger partial charge >= 0.3 is 0 Å². The number of allylic oxidation sites excluding steroid dienone is 4. The zero-order valence-electron chi connectivity index (χ0n) is 12.8. The Hall–Kier alpha value is -2.75. The molecule has 1 aliphatic rings. The molecule has 1 aliphatic carbocycles. The van der Waals surface area contributed by atoms with Gasteiger partial charge in [0, 0.05) is 30.2 Å². The van der Waals surface area contributed by atoms with Gasteiger partial charge in [-0.3, -0.25) is 9.78 Å². The lowest BCUT2D eigenvalue weighted by atomic mass is 10.0. The summed E-state index contributed by atoms with van der Waals surface area (Å²) in [6.45, 7) is 1.54. The monoisotopic (exact) mass is 309 g/mol. The predicted octanol–water partition coefficient (Wildman–Crippen LogP) is 4.86. The van der Waals surface area contributed by atoms with Crippen LogP contribution in [0.3, 0.4) is 0 Å². The molecule has 0 fully saturated rings. The fraction of sp³-hybridized carbons (Fsp3) is 0.158. The first kappa shape index (κ1) is 15.2. The summed E-state index contributed by atoms with van der Waals surface area (Å²) < 4.78 is 19.0. The highest BCUT2D eigenvalue weighted by molar-refractivity contribution is 5.94. The first-order valence-corrected chi connectivity index (χ1v) is 7.42. The number of nitrogens with zero attached hydrogens (tertiary/aromatic N) is 1. The molecule has 1 aromatic heterocycles. The molecule has 0 saturated heterocycles. The Morgan fingerprint density at radius 2 is 1.91 bits per heavy atom. The van der Waals surface area contributed by atoms with Gasteiger partial charge in [0.25, 0.3) is 0 Å². The summed E-state index contributed by atoms with van der Waals surface area (Å²) >= 11 is 0. The van der Waals surface area contributed by atoms with Gasteiger partial charge in [0.1, 0.15) is 11.6 Å². The van der Waals surface area contributed by atoms with Crippen LogP contribution in [0.2, 0.25) is 0 Å². The van der Waals surface area contributed by atoms with E-state index in [0.29, 0.717) is 29.9 Å². The van der Waals surface area contributed by atoms with Crippen molar-refractivity contribution in [1.29, 1.82) is 0 Å². The molecule has 0 atom stereocenters. The van der Waals surface area contributed by atoms with Crippen molar-refractivity contribution >= 4 is 5.78 Å². The maximum atomic E-state index is 13.1. The Balaban J connectivity index is 1.90. The van der Waals surface area contributed by atoms with Crippen molar-refractivity contribution in [2.75, 3.05) is 0 Å². The fourth-order valence-corrected chi connectivity index (χ4v) is 2.40. The molecule has 1 heterocycles. The number of aromatic nitrogens is 1. The van der Waals surface area contributed by atoms with Crippen LogP contribution in [0.15, 0.2) is 66.5 Å². The van der Waals surface area contributed by atoms with Crippen LogP contribution in [0.5, 0.6) is 5.75 Å². The number of carbonyl (C=O) groups excluding carboxylic acids is 1. The van der Waals surface area contributed by atoms with Crippen LogP contribution in [-0.4, -0.2) is 10.8 Å². The normalized spacial score (nSPS) is 14.0. The predicted molar refractivity (Wildman–Crippen MR) is 86.8 cm³/mol. The van der Waals surface area contributed by atoms with E-state index < -0.39 is 0 Å². The van der Waals surface area contributed by atoms with Crippen molar-refractivity contribution < 1.29 is 13.9 Å². The van der Waals surface area contributed by atoms with E-state index >= 15 is 0 Å². The minimum Gasteiger partial charge on any atom is -0.459 e. The minimum absolute atomic E-state index is 0.0314. The average molecular weight is 309 g/mol. The van der Waals surface area contributed by atoms with Gasteiger partial charge in [-0.1, -0.05) is 24.3 Å². The number of carbonyl (C=O) groups is 1. The first-order chi connectivity index (χ1) is 11.1. The highest BCUT2D eigenvalue weighted by Gasteiger charge is 2.12. The molecule has 3 nitrogen and oxygen atoms in total. The Morgan fingerprint density at radius 3 is 2.57 bits per heavy atom. The van der Waals surface area contributed by atoms with Crippen molar-refractivity contribution in [2.24, 2.45) is 0 Å². The number of hydrogen-bond donors (Lipinski definition) is 0. The largest absolute Gasteiger partial charge is 0.459 e. The number of ketones is 1. The highest BCUT2D eigenvalue weighted by atomic mass is 19.1. The highest BCUT2D eigenvalue weighted by Crippen LogP contribution is 2.32. The summed E-state index contributed by atoms with van der Waals surface area (Å²) in [5.41, 5.74) is 2.48. The van der Waals surface area contributed by atoms with Crippen LogP contribution in [0, 0.1) is 0 Å². The van der Waals surface area contributed by atoms with E-state index in [1.54, 1.807) is 30.6 Å². The molecule has 0 radical (unpaired) electrons. The van der Waals surface area contributed by atoms with Gasteiger partial charge in [0.05, 0.1) is 6.20 Å². The molecule has 0 saturated carbocycles. The van der Waals surface area contributed by atoms with Crippen molar-refractivity contribution in [3.8, 4) is 16.9 Å². The summed E-state index contributed by atoms with van der Waals surface area (Å²) in [6, 6.07) is 9.21. The molecule has 1 aromatic carbocycles. The third kappa shape index (κ3) is 3.54. The maximum Gasteiger partial charge on any atom is 0.159 e. The van der Waals surface area contributed by atoms with Crippen LogP contribution < -0.4 is 4.74 Å². The minimum atomic E-state index is -0.136. The third-order valence-corrected chi connectivity index (χ3v) is 3.69. The molecule has 0 bridgehead atoms. The number of halogens is 1. The number of ether oxygens (including phenoxy) is 1. The molecular weight excluding hydrogens is 293 g/mol. The van der Waals surface area contributed by atoms with E-state index in [1.807, 2.05) is 18.2 Å². The smallest absolute Gasteiger partial charge is 0.159 e. The Bertz CT molecular complexity index is 791. The number of rotatable bonds is 4. The molecule has 0 spiro atoms. The van der Waals surface area contributed by atoms with Crippen LogP contribution >= 0.6 is 0 Å². The van der Waals surface area contributed by atoms with Crippen molar-refractivity contribution in [3.05, 3.63) is 72.0 Å². The Kier molecular flexibility index (Phi) is 4.33. The molecule has 116 valence electrons. The van der Waals surface area contributed by atoms with Gasteiger partial charge in [-0.05, 0) is 30.7 Å². The standard InChI is InChI=1S/C19H16FNO2/c1-13(22)14-2-4-15(5-3-14)18-10-11-21-12-19(18)23-17-8-6-16(20)7-9-17/h2-6,8,10-12H,7,9H2,1H3. The molecular formula is C19H16FNO2. The van der Waals surface area contributed by atoms with Crippen molar-refractivity contribution in [3.63, 3.8) is 0 Å². The van der Waals surface area contributed by atoms with E-state index in [1.165, 1.54) is 13.0 Å².